The number of imide groups is 1. The molecule has 0 spiro atoms. The maximum absolute atomic E-state index is 12.5. The number of hydrogen-bond acceptors (Lipinski definition) is 3. The Kier molecular flexibility index (Phi) is 3.27. The summed E-state index contributed by atoms with van der Waals surface area (Å²) >= 11 is 0. The van der Waals surface area contributed by atoms with Crippen molar-refractivity contribution in [1.29, 1.82) is 0 Å². The van der Waals surface area contributed by atoms with E-state index in [1.165, 1.54) is 17.0 Å². The van der Waals surface area contributed by atoms with Gasteiger partial charge in [-0.15, -0.1) is 0 Å². The Hall–Kier alpha value is -2.17. The Morgan fingerprint density at radius 3 is 2.24 bits per heavy atom. The van der Waals surface area contributed by atoms with Crippen LogP contribution in [0.1, 0.15) is 41.6 Å². The lowest BCUT2D eigenvalue weighted by atomic mass is 9.81. The summed E-state index contributed by atoms with van der Waals surface area (Å²) in [6.45, 7) is 1.78. The third kappa shape index (κ3) is 2.13. The molecule has 5 heteroatoms. The molecule has 1 N–H and O–H groups in total. The molecule has 0 radical (unpaired) electrons. The third-order valence-electron chi connectivity index (χ3n) is 4.54. The lowest BCUT2D eigenvalue weighted by molar-refractivity contribution is -0.122. The van der Waals surface area contributed by atoms with E-state index in [9.17, 15) is 14.4 Å². The molecule has 1 aromatic rings. The van der Waals surface area contributed by atoms with E-state index in [0.717, 1.165) is 31.2 Å². The van der Waals surface area contributed by atoms with Crippen molar-refractivity contribution in [1.82, 2.24) is 0 Å². The molecule has 21 heavy (non-hydrogen) atoms. The number of anilines is 1. The number of carboxylic acids is 1. The van der Waals surface area contributed by atoms with Crippen LogP contribution in [0, 0.1) is 18.8 Å². The number of nitrogens with zero attached hydrogens (tertiary/aromatic N) is 1. The normalized spacial score (nSPS) is 25.1. The molecule has 0 aromatic heterocycles. The molecule has 1 aromatic carbocycles. The van der Waals surface area contributed by atoms with Gasteiger partial charge in [-0.25, -0.2) is 9.69 Å². The highest BCUT2D eigenvalue weighted by atomic mass is 16.4. The van der Waals surface area contributed by atoms with Crippen LogP contribution in [0.15, 0.2) is 18.2 Å². The number of carbonyl (C=O) groups excluding carboxylic acids is 2. The Morgan fingerprint density at radius 1 is 1.14 bits per heavy atom. The van der Waals surface area contributed by atoms with Crippen molar-refractivity contribution in [3.05, 3.63) is 29.3 Å². The van der Waals surface area contributed by atoms with Gasteiger partial charge in [0.1, 0.15) is 0 Å². The second-order valence-electron chi connectivity index (χ2n) is 5.82. The predicted octanol–water partition coefficient (Wildman–Crippen LogP) is 2.37. The molecule has 0 bridgehead atoms. The Morgan fingerprint density at radius 2 is 1.71 bits per heavy atom. The first kappa shape index (κ1) is 13.8. The number of fused-ring (bicyclic) bond motifs is 1. The number of benzene rings is 1. The van der Waals surface area contributed by atoms with Gasteiger partial charge in [0.2, 0.25) is 11.8 Å². The molecule has 1 saturated heterocycles. The summed E-state index contributed by atoms with van der Waals surface area (Å²) in [6, 6.07) is 4.55. The fraction of sp³-hybridized carbons (Fsp3) is 0.438. The van der Waals surface area contributed by atoms with Crippen molar-refractivity contribution in [2.75, 3.05) is 4.90 Å². The molecule has 2 amide bonds. The predicted molar refractivity (Wildman–Crippen MR) is 76.1 cm³/mol. The Labute approximate surface area is 122 Å². The molecule has 2 unspecified atom stereocenters. The Bertz CT molecular complexity index is 613. The van der Waals surface area contributed by atoms with Crippen LogP contribution in [0.25, 0.3) is 0 Å². The lowest BCUT2D eigenvalue weighted by Crippen LogP contribution is -2.31. The first-order valence-electron chi connectivity index (χ1n) is 7.22. The van der Waals surface area contributed by atoms with Crippen LogP contribution >= 0.6 is 0 Å². The van der Waals surface area contributed by atoms with Crippen molar-refractivity contribution in [3.63, 3.8) is 0 Å². The second kappa shape index (κ2) is 4.98. The zero-order valence-electron chi connectivity index (χ0n) is 11.8. The number of aromatic carboxylic acids is 1. The first-order valence-corrected chi connectivity index (χ1v) is 7.22. The molecule has 1 aliphatic heterocycles. The molecule has 3 rings (SSSR count). The van der Waals surface area contributed by atoms with E-state index in [0.29, 0.717) is 5.69 Å². The standard InChI is InChI=1S/C16H17NO4/c1-9-6-7-10(16(20)21)8-13(9)17-14(18)11-4-2-3-5-12(11)15(17)19/h6-8,11-12H,2-5H2,1H3,(H,20,21). The van der Waals surface area contributed by atoms with Gasteiger partial charge in [0.05, 0.1) is 23.1 Å². The van der Waals surface area contributed by atoms with Gasteiger partial charge >= 0.3 is 5.97 Å². The number of hydrogen-bond donors (Lipinski definition) is 1. The van der Waals surface area contributed by atoms with Gasteiger partial charge in [0.25, 0.3) is 0 Å². The SMILES string of the molecule is Cc1ccc(C(=O)O)cc1N1C(=O)C2CCCCC2C1=O. The van der Waals surface area contributed by atoms with Gasteiger partial charge in [0.15, 0.2) is 0 Å². The van der Waals surface area contributed by atoms with Crippen LogP contribution in [-0.4, -0.2) is 22.9 Å². The lowest BCUT2D eigenvalue weighted by Gasteiger charge is -2.19. The fourth-order valence-electron chi connectivity index (χ4n) is 3.38. The summed E-state index contributed by atoms with van der Waals surface area (Å²) in [5.74, 6) is -1.85. The molecule has 110 valence electrons. The Balaban J connectivity index is 2.04. The van der Waals surface area contributed by atoms with Crippen LogP contribution in [0.5, 0.6) is 0 Å². The van der Waals surface area contributed by atoms with Gasteiger partial charge in [-0.1, -0.05) is 18.9 Å². The quantitative estimate of drug-likeness (QED) is 0.847. The van der Waals surface area contributed by atoms with E-state index < -0.39 is 5.97 Å². The highest BCUT2D eigenvalue weighted by molar-refractivity contribution is 6.22. The van der Waals surface area contributed by atoms with Gasteiger partial charge in [-0.2, -0.15) is 0 Å². The van der Waals surface area contributed by atoms with Gasteiger partial charge in [0, 0.05) is 0 Å². The minimum absolute atomic E-state index is 0.0890. The van der Waals surface area contributed by atoms with E-state index in [1.54, 1.807) is 13.0 Å². The number of rotatable bonds is 2. The minimum atomic E-state index is -1.06. The van der Waals surface area contributed by atoms with E-state index in [4.69, 9.17) is 5.11 Å². The van der Waals surface area contributed by atoms with E-state index >= 15 is 0 Å². The van der Waals surface area contributed by atoms with Gasteiger partial charge in [-0.05, 0) is 37.5 Å². The van der Waals surface area contributed by atoms with Crippen molar-refractivity contribution in [3.8, 4) is 0 Å². The van der Waals surface area contributed by atoms with Crippen molar-refractivity contribution >= 4 is 23.5 Å². The number of amides is 2. The fourth-order valence-corrected chi connectivity index (χ4v) is 3.38. The van der Waals surface area contributed by atoms with Crippen LogP contribution in [0.3, 0.4) is 0 Å². The maximum atomic E-state index is 12.5. The summed E-state index contributed by atoms with van der Waals surface area (Å²) in [4.78, 5) is 37.4. The number of carbonyl (C=O) groups is 3. The van der Waals surface area contributed by atoms with Crippen molar-refractivity contribution in [2.24, 2.45) is 11.8 Å². The third-order valence-corrected chi connectivity index (χ3v) is 4.54. The van der Waals surface area contributed by atoms with E-state index in [-0.39, 0.29) is 29.2 Å². The van der Waals surface area contributed by atoms with E-state index in [2.05, 4.69) is 0 Å². The monoisotopic (exact) mass is 287 g/mol. The summed E-state index contributed by atoms with van der Waals surface area (Å²) in [5.41, 5.74) is 1.24. The summed E-state index contributed by atoms with van der Waals surface area (Å²) in [5, 5.41) is 9.09. The van der Waals surface area contributed by atoms with Crippen molar-refractivity contribution in [2.45, 2.75) is 32.6 Å². The van der Waals surface area contributed by atoms with Crippen LogP contribution in [0.2, 0.25) is 0 Å². The highest BCUT2D eigenvalue weighted by Crippen LogP contribution is 2.40. The molecule has 1 heterocycles. The van der Waals surface area contributed by atoms with Gasteiger partial charge < -0.3 is 5.11 Å². The molecule has 2 atom stereocenters. The zero-order chi connectivity index (χ0) is 15.1. The highest BCUT2D eigenvalue weighted by Gasteiger charge is 2.49. The second-order valence-corrected chi connectivity index (χ2v) is 5.82. The smallest absolute Gasteiger partial charge is 0.335 e. The average molecular weight is 287 g/mol. The van der Waals surface area contributed by atoms with Gasteiger partial charge in [-0.3, -0.25) is 9.59 Å². The zero-order valence-corrected chi connectivity index (χ0v) is 11.8. The summed E-state index contributed by atoms with van der Waals surface area (Å²) < 4.78 is 0. The summed E-state index contributed by atoms with van der Waals surface area (Å²) in [7, 11) is 0. The van der Waals surface area contributed by atoms with Crippen LogP contribution in [-0.2, 0) is 9.59 Å². The summed E-state index contributed by atoms with van der Waals surface area (Å²) in [6.07, 6.45) is 3.46. The topological polar surface area (TPSA) is 74.7 Å². The largest absolute Gasteiger partial charge is 0.478 e. The molecular weight excluding hydrogens is 270 g/mol. The minimum Gasteiger partial charge on any atom is -0.478 e. The molecular formula is C16H17NO4. The number of aryl methyl sites for hydroxylation is 1. The molecule has 2 fully saturated rings. The maximum Gasteiger partial charge on any atom is 0.335 e. The van der Waals surface area contributed by atoms with E-state index in [1.807, 2.05) is 0 Å². The van der Waals surface area contributed by atoms with Crippen LogP contribution in [0.4, 0.5) is 5.69 Å². The molecule has 2 aliphatic rings. The number of carboxylic acid groups (broad SMARTS) is 1. The molecule has 1 saturated carbocycles. The molecule has 5 nitrogen and oxygen atoms in total. The average Bonchev–Trinajstić information content (AvgIpc) is 2.72. The van der Waals surface area contributed by atoms with Crippen molar-refractivity contribution < 1.29 is 19.5 Å². The van der Waals surface area contributed by atoms with Crippen LogP contribution < -0.4 is 4.90 Å². The molecule has 1 aliphatic carbocycles. The first-order chi connectivity index (χ1) is 10.0.